The Morgan fingerprint density at radius 1 is 0.867 bits per heavy atom. The molecule has 0 unspecified atom stereocenters. The Hall–Kier alpha value is -3.27. The van der Waals surface area contributed by atoms with Crippen molar-refractivity contribution in [3.05, 3.63) is 112 Å². The summed E-state index contributed by atoms with van der Waals surface area (Å²) in [5, 5.41) is 0. The molecule has 0 aromatic heterocycles. The molecule has 0 spiro atoms. The number of amides is 1. The largest absolute Gasteiger partial charge is 0.341 e. The highest BCUT2D eigenvalue weighted by atomic mass is 19.1. The molecule has 3 aromatic carbocycles. The van der Waals surface area contributed by atoms with Gasteiger partial charge in [0.2, 0.25) is 0 Å². The number of nitrogens with zero attached hydrogens (tertiary/aromatic N) is 1. The summed E-state index contributed by atoms with van der Waals surface area (Å²) in [5.41, 5.74) is 5.67. The lowest BCUT2D eigenvalue weighted by molar-refractivity contribution is 0.0788. The summed E-state index contributed by atoms with van der Waals surface area (Å²) in [4.78, 5) is 13.9. The SMILES string of the molecule is CN(CCC=C1c2ccccc2CCc2ccccc21)C(=O)c1c(F)cccc1F. The van der Waals surface area contributed by atoms with E-state index in [2.05, 4.69) is 42.5 Å². The third kappa shape index (κ3) is 3.90. The van der Waals surface area contributed by atoms with Crippen molar-refractivity contribution in [2.45, 2.75) is 19.3 Å². The molecule has 0 atom stereocenters. The van der Waals surface area contributed by atoms with E-state index in [-0.39, 0.29) is 0 Å². The normalized spacial score (nSPS) is 12.6. The van der Waals surface area contributed by atoms with Gasteiger partial charge in [0, 0.05) is 13.6 Å². The van der Waals surface area contributed by atoms with Crippen LogP contribution in [0.15, 0.2) is 72.8 Å². The van der Waals surface area contributed by atoms with E-state index in [0.717, 1.165) is 30.5 Å². The fraction of sp³-hybridized carbons (Fsp3) is 0.192. The first-order valence-electron chi connectivity index (χ1n) is 10.1. The van der Waals surface area contributed by atoms with Crippen LogP contribution in [0.25, 0.3) is 5.57 Å². The van der Waals surface area contributed by atoms with Gasteiger partial charge in [0.1, 0.15) is 17.2 Å². The summed E-state index contributed by atoms with van der Waals surface area (Å²) in [7, 11) is 1.57. The summed E-state index contributed by atoms with van der Waals surface area (Å²) < 4.78 is 27.9. The van der Waals surface area contributed by atoms with E-state index in [1.807, 2.05) is 12.1 Å². The number of hydrogen-bond acceptors (Lipinski definition) is 1. The monoisotopic (exact) mass is 403 g/mol. The van der Waals surface area contributed by atoms with Crippen LogP contribution in [-0.4, -0.2) is 24.4 Å². The zero-order chi connectivity index (χ0) is 21.1. The van der Waals surface area contributed by atoms with E-state index < -0.39 is 23.1 Å². The molecule has 2 nitrogen and oxygen atoms in total. The molecule has 30 heavy (non-hydrogen) atoms. The lowest BCUT2D eigenvalue weighted by atomic mass is 9.93. The fourth-order valence-corrected chi connectivity index (χ4v) is 4.03. The van der Waals surface area contributed by atoms with E-state index >= 15 is 0 Å². The molecule has 4 heteroatoms. The number of carbonyl (C=O) groups is 1. The molecule has 152 valence electrons. The van der Waals surface area contributed by atoms with Gasteiger partial charge in [-0.25, -0.2) is 8.78 Å². The second-order valence-corrected chi connectivity index (χ2v) is 7.54. The third-order valence-electron chi connectivity index (χ3n) is 5.62. The van der Waals surface area contributed by atoms with Crippen LogP contribution in [0.3, 0.4) is 0 Å². The maximum Gasteiger partial charge on any atom is 0.259 e. The van der Waals surface area contributed by atoms with Gasteiger partial charge in [-0.05, 0) is 59.2 Å². The highest BCUT2D eigenvalue weighted by molar-refractivity contribution is 5.94. The predicted molar refractivity (Wildman–Crippen MR) is 115 cm³/mol. The second kappa shape index (κ2) is 8.62. The van der Waals surface area contributed by atoms with Crippen LogP contribution in [0.2, 0.25) is 0 Å². The minimum Gasteiger partial charge on any atom is -0.341 e. The van der Waals surface area contributed by atoms with Crippen molar-refractivity contribution in [1.29, 1.82) is 0 Å². The summed E-state index contributed by atoms with van der Waals surface area (Å²) in [6.07, 6.45) is 4.67. The molecule has 1 amide bonds. The van der Waals surface area contributed by atoms with Crippen LogP contribution in [0.5, 0.6) is 0 Å². The zero-order valence-electron chi connectivity index (χ0n) is 16.9. The third-order valence-corrected chi connectivity index (χ3v) is 5.62. The number of fused-ring (bicyclic) bond motifs is 2. The molecule has 0 fully saturated rings. The van der Waals surface area contributed by atoms with E-state index in [0.29, 0.717) is 13.0 Å². The van der Waals surface area contributed by atoms with Crippen molar-refractivity contribution >= 4 is 11.5 Å². The van der Waals surface area contributed by atoms with Crippen LogP contribution in [0, 0.1) is 11.6 Å². The summed E-state index contributed by atoms with van der Waals surface area (Å²) >= 11 is 0. The molecule has 1 aliphatic rings. The van der Waals surface area contributed by atoms with Crippen LogP contribution < -0.4 is 0 Å². The second-order valence-electron chi connectivity index (χ2n) is 7.54. The first-order chi connectivity index (χ1) is 14.6. The van der Waals surface area contributed by atoms with Crippen molar-refractivity contribution < 1.29 is 13.6 Å². The van der Waals surface area contributed by atoms with E-state index in [1.54, 1.807) is 7.05 Å². The Bertz CT molecular complexity index is 1050. The first kappa shape index (κ1) is 20.0. The number of carbonyl (C=O) groups excluding carboxylic acids is 1. The number of halogens is 2. The summed E-state index contributed by atoms with van der Waals surface area (Å²) in [5.74, 6) is -2.32. The van der Waals surface area contributed by atoms with Gasteiger partial charge in [0.25, 0.3) is 5.91 Å². The highest BCUT2D eigenvalue weighted by Gasteiger charge is 2.21. The fourth-order valence-electron chi connectivity index (χ4n) is 4.03. The quantitative estimate of drug-likeness (QED) is 0.551. The molecule has 3 aromatic rings. The highest BCUT2D eigenvalue weighted by Crippen LogP contribution is 2.33. The minimum atomic E-state index is -0.836. The van der Waals surface area contributed by atoms with Crippen LogP contribution in [0.1, 0.15) is 39.0 Å². The first-order valence-corrected chi connectivity index (χ1v) is 10.1. The van der Waals surface area contributed by atoms with Gasteiger partial charge in [-0.2, -0.15) is 0 Å². The molecule has 0 saturated carbocycles. The van der Waals surface area contributed by atoms with E-state index in [4.69, 9.17) is 0 Å². The molecule has 0 heterocycles. The Labute approximate surface area is 175 Å². The number of aryl methyl sites for hydroxylation is 2. The van der Waals surface area contributed by atoms with Gasteiger partial charge in [0.15, 0.2) is 0 Å². The van der Waals surface area contributed by atoms with Crippen LogP contribution in [0.4, 0.5) is 8.78 Å². The van der Waals surface area contributed by atoms with Gasteiger partial charge in [-0.1, -0.05) is 60.7 Å². The van der Waals surface area contributed by atoms with Crippen LogP contribution in [-0.2, 0) is 12.8 Å². The van der Waals surface area contributed by atoms with Crippen molar-refractivity contribution in [2.24, 2.45) is 0 Å². The average molecular weight is 403 g/mol. The molecular formula is C26H23F2NO. The van der Waals surface area contributed by atoms with Crippen LogP contribution >= 0.6 is 0 Å². The Kier molecular flexibility index (Phi) is 5.75. The van der Waals surface area contributed by atoms with Crippen molar-refractivity contribution in [1.82, 2.24) is 4.90 Å². The summed E-state index contributed by atoms with van der Waals surface area (Å²) in [6, 6.07) is 20.2. The number of benzene rings is 3. The van der Waals surface area contributed by atoms with Crippen molar-refractivity contribution in [3.63, 3.8) is 0 Å². The molecule has 0 bridgehead atoms. The Balaban J connectivity index is 1.59. The Morgan fingerprint density at radius 3 is 1.97 bits per heavy atom. The summed E-state index contributed by atoms with van der Waals surface area (Å²) in [6.45, 7) is 0.362. The topological polar surface area (TPSA) is 20.3 Å². The van der Waals surface area contributed by atoms with E-state index in [1.165, 1.54) is 33.2 Å². The smallest absolute Gasteiger partial charge is 0.259 e. The predicted octanol–water partition coefficient (Wildman–Crippen LogP) is 5.66. The maximum atomic E-state index is 14.0. The molecule has 0 radical (unpaired) electrons. The standard InChI is InChI=1S/C26H23F2NO/c1-29(26(30)25-23(27)13-6-14-24(25)28)17-7-12-22-20-10-4-2-8-18(20)15-16-19-9-3-5-11-21(19)22/h2-6,8-14H,7,15-17H2,1H3. The maximum absolute atomic E-state index is 14.0. The molecule has 4 rings (SSSR count). The van der Waals surface area contributed by atoms with Gasteiger partial charge in [-0.15, -0.1) is 0 Å². The lowest BCUT2D eigenvalue weighted by Crippen LogP contribution is -2.29. The lowest BCUT2D eigenvalue weighted by Gasteiger charge is -2.18. The van der Waals surface area contributed by atoms with Crippen molar-refractivity contribution in [3.8, 4) is 0 Å². The molecule has 0 saturated heterocycles. The molecule has 0 N–H and O–H groups in total. The number of hydrogen-bond donors (Lipinski definition) is 0. The van der Waals surface area contributed by atoms with Gasteiger partial charge in [0.05, 0.1) is 0 Å². The van der Waals surface area contributed by atoms with Gasteiger partial charge >= 0.3 is 0 Å². The van der Waals surface area contributed by atoms with E-state index in [9.17, 15) is 13.6 Å². The zero-order valence-corrected chi connectivity index (χ0v) is 16.9. The molecule has 0 aliphatic heterocycles. The van der Waals surface area contributed by atoms with Gasteiger partial charge < -0.3 is 4.90 Å². The Morgan fingerprint density at radius 2 is 1.40 bits per heavy atom. The van der Waals surface area contributed by atoms with Gasteiger partial charge in [-0.3, -0.25) is 4.79 Å². The minimum absolute atomic E-state index is 0.362. The average Bonchev–Trinajstić information content (AvgIpc) is 2.91. The molecular weight excluding hydrogens is 380 g/mol. The van der Waals surface area contributed by atoms with Crippen molar-refractivity contribution in [2.75, 3.05) is 13.6 Å². The molecule has 1 aliphatic carbocycles. The number of rotatable bonds is 4.